The van der Waals surface area contributed by atoms with Gasteiger partial charge in [-0.25, -0.2) is 14.6 Å². The van der Waals surface area contributed by atoms with E-state index in [0.717, 1.165) is 34.3 Å². The predicted molar refractivity (Wildman–Crippen MR) is 122 cm³/mol. The largest absolute Gasteiger partial charge is 0.494 e. The molecule has 0 unspecified atom stereocenters. The Balaban J connectivity index is 0.000000569. The van der Waals surface area contributed by atoms with Crippen LogP contribution in [-0.4, -0.2) is 52.5 Å². The molecule has 0 aliphatic carbocycles. The zero-order valence-corrected chi connectivity index (χ0v) is 18.9. The normalized spacial score (nSPS) is 9.94. The van der Waals surface area contributed by atoms with Crippen molar-refractivity contribution in [1.29, 1.82) is 0 Å². The lowest BCUT2D eigenvalue weighted by Crippen LogP contribution is -2.09. The third kappa shape index (κ3) is 6.63. The van der Waals surface area contributed by atoms with E-state index in [4.69, 9.17) is 34.0 Å². The summed E-state index contributed by atoms with van der Waals surface area (Å²) in [5.41, 5.74) is 3.11. The molecule has 0 aliphatic heterocycles. The van der Waals surface area contributed by atoms with Crippen LogP contribution in [0, 0.1) is 0 Å². The van der Waals surface area contributed by atoms with E-state index in [0.29, 0.717) is 18.9 Å². The second-order valence-electron chi connectivity index (χ2n) is 6.60. The lowest BCUT2D eigenvalue weighted by atomic mass is 10.1. The highest BCUT2D eigenvalue weighted by Crippen LogP contribution is 2.31. The number of ether oxygens (including phenoxy) is 3. The Morgan fingerprint density at radius 1 is 1.03 bits per heavy atom. The fraction of sp³-hybridized carbons (Fsp3) is 0.261. The summed E-state index contributed by atoms with van der Waals surface area (Å²) in [6.45, 7) is 3.21. The smallest absolute Gasteiger partial charge is 0.414 e. The third-order valence-electron chi connectivity index (χ3n) is 4.55. The molecule has 3 N–H and O–H groups in total. The minimum Gasteiger partial charge on any atom is -0.494 e. The second kappa shape index (κ2) is 12.0. The number of hydrogen-bond donors (Lipinski definition) is 3. The van der Waals surface area contributed by atoms with E-state index in [1.165, 1.54) is 0 Å². The number of nitrogens with zero attached hydrogens (tertiary/aromatic N) is 2. The maximum absolute atomic E-state index is 9.10. The van der Waals surface area contributed by atoms with Crippen molar-refractivity contribution < 1.29 is 34.0 Å². The minimum absolute atomic E-state index is 0.577. The molecule has 33 heavy (non-hydrogen) atoms. The summed E-state index contributed by atoms with van der Waals surface area (Å²) in [6.07, 6.45) is 1.86. The lowest BCUT2D eigenvalue weighted by molar-refractivity contribution is -0.159. The molecule has 0 fully saturated rings. The van der Waals surface area contributed by atoms with Crippen molar-refractivity contribution in [3.63, 3.8) is 0 Å². The summed E-state index contributed by atoms with van der Waals surface area (Å²) >= 11 is 0. The average molecular weight is 457 g/mol. The molecule has 3 rings (SSSR count). The van der Waals surface area contributed by atoms with Crippen LogP contribution in [0.5, 0.6) is 17.2 Å². The van der Waals surface area contributed by atoms with Crippen LogP contribution in [0.1, 0.15) is 12.5 Å². The summed E-state index contributed by atoms with van der Waals surface area (Å²) in [6, 6.07) is 13.9. The Bertz CT molecular complexity index is 1070. The number of anilines is 1. The Kier molecular flexibility index (Phi) is 9.10. The highest BCUT2D eigenvalue weighted by Gasteiger charge is 2.12. The van der Waals surface area contributed by atoms with Crippen molar-refractivity contribution in [3.8, 4) is 28.5 Å². The molecule has 0 aliphatic rings. The highest BCUT2D eigenvalue weighted by atomic mass is 16.5. The van der Waals surface area contributed by atoms with Crippen molar-refractivity contribution in [1.82, 2.24) is 9.55 Å². The Morgan fingerprint density at radius 2 is 1.70 bits per heavy atom. The molecule has 0 atom stereocenters. The fourth-order valence-corrected chi connectivity index (χ4v) is 3.00. The van der Waals surface area contributed by atoms with E-state index in [1.807, 2.05) is 67.2 Å². The van der Waals surface area contributed by atoms with Gasteiger partial charge in [-0.15, -0.1) is 0 Å². The summed E-state index contributed by atoms with van der Waals surface area (Å²) < 4.78 is 18.4. The minimum atomic E-state index is -1.82. The van der Waals surface area contributed by atoms with Crippen molar-refractivity contribution in [2.24, 2.45) is 7.05 Å². The van der Waals surface area contributed by atoms with E-state index in [2.05, 4.69) is 10.3 Å². The van der Waals surface area contributed by atoms with Gasteiger partial charge in [0.25, 0.3) is 0 Å². The molecule has 1 heterocycles. The van der Waals surface area contributed by atoms with E-state index in [1.54, 1.807) is 14.2 Å². The number of nitrogens with one attached hydrogen (secondary N) is 1. The van der Waals surface area contributed by atoms with Gasteiger partial charge in [0.2, 0.25) is 5.95 Å². The number of hydrogen-bond acceptors (Lipinski definition) is 7. The van der Waals surface area contributed by atoms with Crippen molar-refractivity contribution in [2.45, 2.75) is 13.5 Å². The van der Waals surface area contributed by atoms with Gasteiger partial charge in [-0.3, -0.25) is 0 Å². The van der Waals surface area contributed by atoms with Crippen LogP contribution in [0.25, 0.3) is 11.3 Å². The van der Waals surface area contributed by atoms with E-state index in [-0.39, 0.29) is 0 Å². The maximum Gasteiger partial charge on any atom is 0.414 e. The molecule has 1 aromatic heterocycles. The topological polar surface area (TPSA) is 132 Å². The molecule has 176 valence electrons. The number of benzene rings is 2. The average Bonchev–Trinajstić information content (AvgIpc) is 3.18. The molecule has 0 saturated carbocycles. The van der Waals surface area contributed by atoms with Gasteiger partial charge in [-0.2, -0.15) is 0 Å². The quantitative estimate of drug-likeness (QED) is 0.436. The molecule has 0 bridgehead atoms. The molecular formula is C23H27N3O7. The molecule has 3 aromatic rings. The number of imidazole rings is 1. The molecular weight excluding hydrogens is 430 g/mol. The summed E-state index contributed by atoms with van der Waals surface area (Å²) in [7, 11) is 5.27. The SMILES string of the molecule is CCOc1ccc(-c2cnc(NCc3cccc(OC)c3OC)n2C)cc1.O=C(O)C(=O)O. The number of carboxylic acids is 2. The first-order chi connectivity index (χ1) is 15.8. The van der Waals surface area contributed by atoms with Crippen LogP contribution in [0.2, 0.25) is 0 Å². The lowest BCUT2D eigenvalue weighted by Gasteiger charge is -2.14. The Hall–Kier alpha value is -4.21. The highest BCUT2D eigenvalue weighted by molar-refractivity contribution is 6.27. The second-order valence-corrected chi connectivity index (χ2v) is 6.60. The molecule has 10 heteroatoms. The molecule has 0 saturated heterocycles. The first-order valence-corrected chi connectivity index (χ1v) is 9.97. The predicted octanol–water partition coefficient (Wildman–Crippen LogP) is 3.27. The number of carbonyl (C=O) groups is 2. The van der Waals surface area contributed by atoms with Gasteiger partial charge < -0.3 is 34.3 Å². The van der Waals surface area contributed by atoms with Gasteiger partial charge in [0, 0.05) is 24.7 Å². The zero-order chi connectivity index (χ0) is 24.4. The molecule has 10 nitrogen and oxygen atoms in total. The third-order valence-corrected chi connectivity index (χ3v) is 4.55. The van der Waals surface area contributed by atoms with Crippen LogP contribution in [0.4, 0.5) is 5.95 Å². The first-order valence-electron chi connectivity index (χ1n) is 9.97. The van der Waals surface area contributed by atoms with Crippen molar-refractivity contribution in [3.05, 3.63) is 54.2 Å². The van der Waals surface area contributed by atoms with Gasteiger partial charge in [-0.05, 0) is 37.3 Å². The van der Waals surface area contributed by atoms with Gasteiger partial charge in [-0.1, -0.05) is 12.1 Å². The van der Waals surface area contributed by atoms with Crippen LogP contribution < -0.4 is 19.5 Å². The molecule has 0 radical (unpaired) electrons. The monoisotopic (exact) mass is 457 g/mol. The van der Waals surface area contributed by atoms with Crippen LogP contribution >= 0.6 is 0 Å². The number of methoxy groups -OCH3 is 2. The summed E-state index contributed by atoms with van der Waals surface area (Å²) in [5.74, 6) is -0.555. The fourth-order valence-electron chi connectivity index (χ4n) is 3.00. The van der Waals surface area contributed by atoms with Gasteiger partial charge >= 0.3 is 11.9 Å². The van der Waals surface area contributed by atoms with E-state index >= 15 is 0 Å². The number of carboxylic acid groups (broad SMARTS) is 2. The van der Waals surface area contributed by atoms with E-state index < -0.39 is 11.9 Å². The van der Waals surface area contributed by atoms with Crippen LogP contribution in [0.15, 0.2) is 48.7 Å². The standard InChI is InChI=1S/C21H25N3O3.C2H2O4/c1-5-27-17-11-9-15(10-12-17)18-14-23-21(24(18)2)22-13-16-7-6-8-19(25-3)20(16)26-4;3-1(4)2(5)6/h6-12,14H,5,13H2,1-4H3,(H,22,23);(H,3,4)(H,5,6). The van der Waals surface area contributed by atoms with Gasteiger partial charge in [0.15, 0.2) is 11.5 Å². The van der Waals surface area contributed by atoms with Crippen molar-refractivity contribution in [2.75, 3.05) is 26.1 Å². The number of aliphatic carboxylic acids is 2. The summed E-state index contributed by atoms with van der Waals surface area (Å²) in [5, 5.41) is 18.2. The zero-order valence-electron chi connectivity index (χ0n) is 18.9. The first kappa shape index (κ1) is 25.1. The number of rotatable bonds is 8. The van der Waals surface area contributed by atoms with Crippen molar-refractivity contribution >= 4 is 17.9 Å². The summed E-state index contributed by atoms with van der Waals surface area (Å²) in [4.78, 5) is 22.7. The molecule has 0 amide bonds. The van der Waals surface area contributed by atoms with E-state index in [9.17, 15) is 0 Å². The van der Waals surface area contributed by atoms with Crippen LogP contribution in [-0.2, 0) is 23.2 Å². The molecule has 0 spiro atoms. The Morgan fingerprint density at radius 3 is 2.24 bits per heavy atom. The number of aromatic nitrogens is 2. The maximum atomic E-state index is 9.10. The van der Waals surface area contributed by atoms with Crippen LogP contribution in [0.3, 0.4) is 0 Å². The Labute approximate surface area is 191 Å². The van der Waals surface area contributed by atoms with Gasteiger partial charge in [0.1, 0.15) is 5.75 Å². The number of para-hydroxylation sites is 1. The molecule has 2 aromatic carbocycles. The van der Waals surface area contributed by atoms with Gasteiger partial charge in [0.05, 0.1) is 32.7 Å².